The Morgan fingerprint density at radius 1 is 0.489 bits per heavy atom. The fourth-order valence-corrected chi connectivity index (χ4v) is 16.4. The van der Waals surface area contributed by atoms with Crippen LogP contribution in [0.1, 0.15) is 54.2 Å². The molecule has 0 amide bonds. The third-order valence-electron chi connectivity index (χ3n) is 16.3. The van der Waals surface area contributed by atoms with E-state index in [1.165, 1.54) is 0 Å². The summed E-state index contributed by atoms with van der Waals surface area (Å²) in [5.74, 6) is -3.14. The van der Waals surface area contributed by atoms with Gasteiger partial charge < -0.3 is 66.7 Å². The molecule has 0 unspecified atom stereocenters. The molecule has 0 spiro atoms. The zero-order valence-electron chi connectivity index (χ0n) is 51.4. The molecule has 2 fully saturated rings. The zero-order chi connectivity index (χ0) is 62.6. The second kappa shape index (κ2) is 32.3. The highest BCUT2D eigenvalue weighted by Gasteiger charge is 2.63. The van der Waals surface area contributed by atoms with Crippen LogP contribution in [0.5, 0.6) is 0 Å². The van der Waals surface area contributed by atoms with Gasteiger partial charge in [-0.3, -0.25) is 0 Å². The van der Waals surface area contributed by atoms with Gasteiger partial charge in [0.15, 0.2) is 12.4 Å². The minimum atomic E-state index is -3.30. The lowest BCUT2D eigenvalue weighted by Gasteiger charge is -2.49. The molecule has 2 heterocycles. The number of carbonyl (C=O) groups excluding carboxylic acids is 1. The van der Waals surface area contributed by atoms with Crippen LogP contribution in [0, 0.1) is 0 Å². The quantitative estimate of drug-likeness (QED) is 0.0182. The molecule has 0 radical (unpaired) electrons. The number of esters is 1. The van der Waals surface area contributed by atoms with Crippen LogP contribution in [-0.2, 0) is 101 Å². The molecule has 16 heteroatoms. The highest BCUT2D eigenvalue weighted by Crippen LogP contribution is 2.44. The van der Waals surface area contributed by atoms with Crippen LogP contribution < -0.4 is 10.4 Å². The van der Waals surface area contributed by atoms with Gasteiger partial charge in [-0.05, 0) is 48.8 Å². The van der Waals surface area contributed by atoms with E-state index in [9.17, 15) is 15.0 Å². The molecule has 15 nitrogen and oxygen atoms in total. The molecule has 0 aliphatic carbocycles. The topological polar surface area (TPSA) is 168 Å². The largest absolute Gasteiger partial charge is 0.467 e. The van der Waals surface area contributed by atoms with Gasteiger partial charge in [0.2, 0.25) is 5.79 Å². The third kappa shape index (κ3) is 16.7. The fraction of sp³-hybridized carbons (Fsp3) is 0.338. The molecule has 8 aromatic carbocycles. The van der Waals surface area contributed by atoms with Gasteiger partial charge >= 0.3 is 5.97 Å². The molecule has 2 saturated heterocycles. The van der Waals surface area contributed by atoms with Crippen LogP contribution in [0.4, 0.5) is 0 Å². The Bertz CT molecular complexity index is 3300. The summed E-state index contributed by atoms with van der Waals surface area (Å²) in [5.41, 5.74) is 5.08. The van der Waals surface area contributed by atoms with E-state index in [1.54, 1.807) is 0 Å². The minimum Gasteiger partial charge on any atom is -0.467 e. The van der Waals surface area contributed by atoms with Gasteiger partial charge in [0, 0.05) is 0 Å². The van der Waals surface area contributed by atoms with Gasteiger partial charge in [0.25, 0.3) is 8.32 Å². The van der Waals surface area contributed by atoms with Crippen LogP contribution in [0.15, 0.2) is 243 Å². The number of aliphatic hydroxyl groups is 2. The zero-order valence-corrected chi connectivity index (χ0v) is 52.4. The maximum absolute atomic E-state index is 13.4. The lowest BCUT2D eigenvalue weighted by Crippen LogP contribution is -2.67. The predicted octanol–water partition coefficient (Wildman–Crippen LogP) is 10.4. The highest BCUT2D eigenvalue weighted by atomic mass is 28.4. The summed E-state index contributed by atoms with van der Waals surface area (Å²) in [6, 6.07) is 78.8. The number of hydrogen-bond donors (Lipinski definition) is 2. The lowest BCUT2D eigenvalue weighted by atomic mass is 9.91. The number of carbonyl (C=O) groups is 1. The molecule has 0 saturated carbocycles. The van der Waals surface area contributed by atoms with Crippen LogP contribution in [0.2, 0.25) is 5.04 Å². The van der Waals surface area contributed by atoms with Crippen LogP contribution in [-0.4, -0.2) is 119 Å². The van der Waals surface area contributed by atoms with Gasteiger partial charge in [-0.15, -0.1) is 0 Å². The monoisotopic (exact) mass is 1240 g/mol. The number of rotatable bonds is 31. The van der Waals surface area contributed by atoms with Crippen molar-refractivity contribution in [3.63, 3.8) is 0 Å². The van der Waals surface area contributed by atoms with E-state index in [0.29, 0.717) is 0 Å². The Labute approximate surface area is 529 Å². The summed E-state index contributed by atoms with van der Waals surface area (Å²) in [7, 11) is -2.18. The van der Waals surface area contributed by atoms with Gasteiger partial charge in [-0.25, -0.2) is 4.79 Å². The summed E-state index contributed by atoms with van der Waals surface area (Å²) < 4.78 is 83.8. The molecule has 0 aromatic heterocycles. The van der Waals surface area contributed by atoms with E-state index in [2.05, 4.69) is 45.0 Å². The van der Waals surface area contributed by atoms with Crippen molar-refractivity contribution in [1.29, 1.82) is 0 Å². The number of methoxy groups -OCH3 is 1. The highest BCUT2D eigenvalue weighted by molar-refractivity contribution is 6.99. The summed E-state index contributed by atoms with van der Waals surface area (Å²) in [4.78, 5) is 13.4. The molecule has 2 aliphatic rings. The Balaban J connectivity index is 1.14. The normalized spacial score (nSPS) is 22.6. The first-order valence-corrected chi connectivity index (χ1v) is 32.5. The Morgan fingerprint density at radius 2 is 0.867 bits per heavy atom. The molecule has 90 heavy (non-hydrogen) atoms. The Kier molecular flexibility index (Phi) is 23.6. The van der Waals surface area contributed by atoms with Crippen LogP contribution in [0.25, 0.3) is 0 Å². The summed E-state index contributed by atoms with van der Waals surface area (Å²) in [6.45, 7) is 6.49. The third-order valence-corrected chi connectivity index (χ3v) is 21.3. The molecule has 2 N–H and O–H groups in total. The minimum absolute atomic E-state index is 0.00124. The molecule has 2 aliphatic heterocycles. The molecule has 0 bridgehead atoms. The van der Waals surface area contributed by atoms with E-state index >= 15 is 0 Å². The van der Waals surface area contributed by atoms with E-state index in [4.69, 9.17) is 56.5 Å². The smallest absolute Gasteiger partial charge is 0.337 e. The fourth-order valence-electron chi connectivity index (χ4n) is 11.8. The maximum Gasteiger partial charge on any atom is 0.337 e. The van der Waals surface area contributed by atoms with Crippen molar-refractivity contribution in [3.8, 4) is 0 Å². The van der Waals surface area contributed by atoms with Crippen molar-refractivity contribution in [1.82, 2.24) is 0 Å². The predicted molar refractivity (Wildman–Crippen MR) is 342 cm³/mol. The average Bonchev–Trinajstić information content (AvgIpc) is 1.25. The van der Waals surface area contributed by atoms with Crippen LogP contribution in [0.3, 0.4) is 0 Å². The summed E-state index contributed by atoms with van der Waals surface area (Å²) >= 11 is 0. The SMILES string of the molecule is COC(=O)[C@@H](O)[C@@H](O)[C@H]1O[C@H](O[C@]2(COCOCc3ccccc3)O[C@H](CO[Si](c3ccccc3)(c3ccccc3)C(C)(C)C)[C@@H](OCc3ccccc3)[C@@H]2OCc2ccccc2)[C@H](OCc2ccccc2)[C@@H](OCc2ccccc2)[C@@H]1OCc1ccccc1. The first-order chi connectivity index (χ1) is 43.9. The van der Waals surface area contributed by atoms with Gasteiger partial charge in [-0.2, -0.15) is 0 Å². The second-order valence-corrected chi connectivity index (χ2v) is 27.9. The first kappa shape index (κ1) is 65.9. The van der Waals surface area contributed by atoms with Crippen molar-refractivity contribution in [2.45, 2.75) is 132 Å². The summed E-state index contributed by atoms with van der Waals surface area (Å²) in [6.07, 6.45) is -14.1. The van der Waals surface area contributed by atoms with E-state index < -0.39 is 86.3 Å². The molecule has 472 valence electrons. The first-order valence-electron chi connectivity index (χ1n) is 30.6. The maximum atomic E-state index is 13.4. The number of benzene rings is 8. The Morgan fingerprint density at radius 3 is 1.29 bits per heavy atom. The van der Waals surface area contributed by atoms with Crippen molar-refractivity contribution < 1.29 is 71.5 Å². The van der Waals surface area contributed by atoms with Crippen molar-refractivity contribution in [2.75, 3.05) is 27.1 Å². The number of hydrogen-bond acceptors (Lipinski definition) is 15. The summed E-state index contributed by atoms with van der Waals surface area (Å²) in [5, 5.41) is 25.9. The van der Waals surface area contributed by atoms with Gasteiger partial charge in [-0.1, -0.05) is 263 Å². The second-order valence-electron chi connectivity index (χ2n) is 23.6. The van der Waals surface area contributed by atoms with Crippen molar-refractivity contribution in [3.05, 3.63) is 276 Å². The van der Waals surface area contributed by atoms with Crippen molar-refractivity contribution >= 4 is 24.7 Å². The van der Waals surface area contributed by atoms with Crippen LogP contribution >= 0.6 is 0 Å². The molecule has 8 aromatic rings. The molecular formula is C74H82O15Si. The van der Waals surface area contributed by atoms with Crippen molar-refractivity contribution in [2.24, 2.45) is 0 Å². The Hall–Kier alpha value is -7.07. The van der Waals surface area contributed by atoms with Gasteiger partial charge in [0.1, 0.15) is 62.2 Å². The molecule has 10 rings (SSSR count). The van der Waals surface area contributed by atoms with Gasteiger partial charge in [0.05, 0.1) is 53.4 Å². The standard InChI is InChI=1S/C74H82O15Si/c1-73(2,3)90(60-41-25-11-26-42-60,61-43-27-12-28-44-61)86-51-62-65(81-46-55-31-15-6-16-32-55)70(85-50-59-39-23-10-24-40-59)74(88-62,52-80-53-79-45-54-29-13-5-14-30-54)89-72-69(84-49-58-37-21-9-22-38-58)68(83-48-57-35-19-8-20-36-57)67(82-47-56-33-17-7-18-34-56)66(87-72)63(75)64(76)71(77)78-4/h5-44,62-70,72,75-76H,45-53H2,1-4H3/t62-,63-,64+,65-,66-,67-,68+,69-,70+,72-,74+/m1/s1. The van der Waals surface area contributed by atoms with E-state index in [0.717, 1.165) is 50.9 Å². The number of ether oxygens (including phenoxy) is 11. The van der Waals surface area contributed by atoms with E-state index in [1.807, 2.05) is 218 Å². The lowest BCUT2D eigenvalue weighted by molar-refractivity contribution is -0.403. The molecule has 11 atom stereocenters. The van der Waals surface area contributed by atoms with E-state index in [-0.39, 0.29) is 59.6 Å². The molecular weight excluding hydrogens is 1160 g/mol. The average molecular weight is 1240 g/mol. The number of aliphatic hydroxyl groups excluding tert-OH is 2.